The van der Waals surface area contributed by atoms with Crippen molar-refractivity contribution in [1.82, 2.24) is 5.32 Å². The molecule has 0 radical (unpaired) electrons. The smallest absolute Gasteiger partial charge is 0.233 e. The summed E-state index contributed by atoms with van der Waals surface area (Å²) in [6.07, 6.45) is -0.331. The van der Waals surface area contributed by atoms with Crippen molar-refractivity contribution >= 4 is 39.3 Å². The molecule has 1 unspecified atom stereocenters. The first-order valence-corrected chi connectivity index (χ1v) is 11.2. The average molecular weight is 525 g/mol. The number of benzene rings is 3. The van der Waals surface area contributed by atoms with Crippen molar-refractivity contribution in [3.63, 3.8) is 0 Å². The fourth-order valence-corrected chi connectivity index (χ4v) is 3.64. The molecule has 2 amide bonds. The number of halogens is 1. The molecule has 0 aromatic heterocycles. The Kier molecular flexibility index (Phi) is 8.39. The Hall–Kier alpha value is -3.69. The molecule has 0 aliphatic heterocycles. The number of nitrogens with two attached hydrogens (primary N) is 1. The molecule has 3 rings (SSSR count). The van der Waals surface area contributed by atoms with Crippen LogP contribution < -0.4 is 21.1 Å². The van der Waals surface area contributed by atoms with Crippen LogP contribution >= 0.6 is 15.9 Å². The van der Waals surface area contributed by atoms with Crippen LogP contribution in [0.3, 0.4) is 0 Å². The van der Waals surface area contributed by atoms with Gasteiger partial charge in [0.25, 0.3) is 0 Å². The summed E-state index contributed by atoms with van der Waals surface area (Å²) in [7, 11) is 0. The van der Waals surface area contributed by atoms with E-state index in [1.165, 1.54) is 0 Å². The van der Waals surface area contributed by atoms with Crippen LogP contribution in [0.15, 0.2) is 71.2 Å². The number of aliphatic hydroxyl groups is 1. The molecule has 0 bridgehead atoms. The summed E-state index contributed by atoms with van der Waals surface area (Å²) < 4.78 is 6.58. The predicted molar refractivity (Wildman–Crippen MR) is 134 cm³/mol. The number of nitrogen functional groups attached to an aromatic ring is 1. The summed E-state index contributed by atoms with van der Waals surface area (Å²) in [5.74, 6) is 0.266. The molecule has 0 aliphatic rings. The molecule has 1 atom stereocenters. The van der Waals surface area contributed by atoms with Gasteiger partial charge in [-0.25, -0.2) is 0 Å². The van der Waals surface area contributed by atoms with Gasteiger partial charge >= 0.3 is 0 Å². The molecule has 0 spiro atoms. The van der Waals surface area contributed by atoms with Crippen LogP contribution in [0.2, 0.25) is 0 Å². The Bertz CT molecular complexity index is 1200. The first-order chi connectivity index (χ1) is 16.2. The van der Waals surface area contributed by atoms with Crippen molar-refractivity contribution in [3.05, 3.63) is 87.9 Å². The topological polar surface area (TPSA) is 138 Å². The Morgan fingerprint density at radius 1 is 1.09 bits per heavy atom. The third-order valence-electron chi connectivity index (χ3n) is 4.94. The van der Waals surface area contributed by atoms with Crippen LogP contribution in [0.25, 0.3) is 0 Å². The van der Waals surface area contributed by atoms with Crippen molar-refractivity contribution in [1.29, 1.82) is 5.41 Å². The van der Waals surface area contributed by atoms with Gasteiger partial charge in [-0.15, -0.1) is 0 Å². The zero-order valence-corrected chi connectivity index (χ0v) is 20.1. The van der Waals surface area contributed by atoms with Crippen LogP contribution in [0.5, 0.6) is 11.5 Å². The van der Waals surface area contributed by atoms with Crippen LogP contribution in [0, 0.1) is 5.41 Å². The lowest BCUT2D eigenvalue weighted by molar-refractivity contribution is -0.127. The van der Waals surface area contributed by atoms with Gasteiger partial charge in [-0.1, -0.05) is 18.2 Å². The van der Waals surface area contributed by atoms with Gasteiger partial charge in [0.2, 0.25) is 11.8 Å². The first-order valence-electron chi connectivity index (χ1n) is 10.5. The fourth-order valence-electron chi connectivity index (χ4n) is 3.16. The summed E-state index contributed by atoms with van der Waals surface area (Å²) in [5, 5.41) is 22.1. The molecule has 6 N–H and O–H groups in total. The summed E-state index contributed by atoms with van der Waals surface area (Å²) >= 11 is 3.49. The third-order valence-corrected chi connectivity index (χ3v) is 5.56. The number of carbonyl (C=O) groups is 2. The lowest BCUT2D eigenvalue weighted by Crippen LogP contribution is -2.30. The van der Waals surface area contributed by atoms with E-state index in [9.17, 15) is 14.7 Å². The highest BCUT2D eigenvalue weighted by atomic mass is 79.9. The van der Waals surface area contributed by atoms with E-state index >= 15 is 0 Å². The van der Waals surface area contributed by atoms with Gasteiger partial charge in [-0.2, -0.15) is 0 Å². The van der Waals surface area contributed by atoms with E-state index in [0.717, 1.165) is 11.1 Å². The van der Waals surface area contributed by atoms with E-state index in [0.29, 0.717) is 27.2 Å². The molecule has 0 heterocycles. The van der Waals surface area contributed by atoms with Gasteiger partial charge in [0.1, 0.15) is 23.8 Å². The van der Waals surface area contributed by atoms with E-state index in [1.54, 1.807) is 54.6 Å². The molecule has 0 saturated heterocycles. The molecule has 0 aliphatic carbocycles. The summed E-state index contributed by atoms with van der Waals surface area (Å²) in [6.45, 7) is 1.75. The highest BCUT2D eigenvalue weighted by Gasteiger charge is 2.15. The number of anilines is 1. The fraction of sp³-hybridized carbons (Fsp3) is 0.160. The Morgan fingerprint density at radius 2 is 1.82 bits per heavy atom. The minimum atomic E-state index is -0.449. The average Bonchev–Trinajstić information content (AvgIpc) is 2.80. The lowest BCUT2D eigenvalue weighted by atomic mass is 10.1. The number of ether oxygens (including phenoxy) is 1. The molecule has 3 aromatic carbocycles. The van der Waals surface area contributed by atoms with E-state index in [-0.39, 0.29) is 24.9 Å². The van der Waals surface area contributed by atoms with Crippen molar-refractivity contribution < 1.29 is 19.4 Å². The zero-order valence-electron chi connectivity index (χ0n) is 18.5. The number of carbonyl (C=O) groups excluding carboxylic acids is 2. The molecule has 0 saturated carbocycles. The SMILES string of the molecule is CC(NC(=O)CC(=O)Nc1ccc(C(=N)N)cc1)c1ccc(Oc2cccc(CO)c2)c(Br)c1. The van der Waals surface area contributed by atoms with Crippen molar-refractivity contribution in [2.75, 3.05) is 5.32 Å². The van der Waals surface area contributed by atoms with Gasteiger partial charge in [-0.05, 0) is 82.5 Å². The van der Waals surface area contributed by atoms with Crippen molar-refractivity contribution in [3.8, 4) is 11.5 Å². The number of amides is 2. The monoisotopic (exact) mass is 524 g/mol. The van der Waals surface area contributed by atoms with Crippen LogP contribution in [0.1, 0.15) is 36.1 Å². The normalized spacial score (nSPS) is 11.4. The number of hydrogen-bond donors (Lipinski definition) is 5. The van der Waals surface area contributed by atoms with Crippen molar-refractivity contribution in [2.45, 2.75) is 26.0 Å². The maximum Gasteiger partial charge on any atom is 0.233 e. The standard InChI is InChI=1S/C25H25BrN4O4/c1-15(29-23(32)13-24(33)30-19-8-5-17(6-9-19)25(27)28)18-7-10-22(21(26)12-18)34-20-4-2-3-16(11-20)14-31/h2-12,15,31H,13-14H2,1H3,(H3,27,28)(H,29,32)(H,30,33). The van der Waals surface area contributed by atoms with Crippen LogP contribution in [0.4, 0.5) is 5.69 Å². The summed E-state index contributed by atoms with van der Waals surface area (Å²) in [6, 6.07) is 18.8. The largest absolute Gasteiger partial charge is 0.456 e. The Balaban J connectivity index is 1.55. The second-order valence-electron chi connectivity index (χ2n) is 7.60. The highest BCUT2D eigenvalue weighted by Crippen LogP contribution is 2.32. The second-order valence-corrected chi connectivity index (χ2v) is 8.46. The molecular formula is C25H25BrN4O4. The van der Waals surface area contributed by atoms with Gasteiger partial charge in [-0.3, -0.25) is 15.0 Å². The molecule has 9 heteroatoms. The van der Waals surface area contributed by atoms with E-state index in [1.807, 2.05) is 19.1 Å². The maximum atomic E-state index is 12.4. The third kappa shape index (κ3) is 6.90. The number of rotatable bonds is 9. The highest BCUT2D eigenvalue weighted by molar-refractivity contribution is 9.10. The van der Waals surface area contributed by atoms with E-state index in [2.05, 4.69) is 26.6 Å². The summed E-state index contributed by atoms with van der Waals surface area (Å²) in [4.78, 5) is 24.6. The van der Waals surface area contributed by atoms with Gasteiger partial charge < -0.3 is 26.2 Å². The number of nitrogens with one attached hydrogen (secondary N) is 3. The van der Waals surface area contributed by atoms with Crippen molar-refractivity contribution in [2.24, 2.45) is 5.73 Å². The number of hydrogen-bond acceptors (Lipinski definition) is 5. The number of aliphatic hydroxyl groups excluding tert-OH is 1. The van der Waals surface area contributed by atoms with Gasteiger partial charge in [0.15, 0.2) is 0 Å². The minimum absolute atomic E-state index is 0.0617. The van der Waals surface area contributed by atoms with Gasteiger partial charge in [0.05, 0.1) is 17.1 Å². The zero-order chi connectivity index (χ0) is 24.7. The molecule has 176 valence electrons. The van der Waals surface area contributed by atoms with Gasteiger partial charge in [0, 0.05) is 11.3 Å². The first kappa shape index (κ1) is 24.9. The predicted octanol–water partition coefficient (Wildman–Crippen LogP) is 4.22. The Morgan fingerprint density at radius 3 is 2.47 bits per heavy atom. The molecule has 0 fully saturated rings. The maximum absolute atomic E-state index is 12.4. The Labute approximate surface area is 205 Å². The summed E-state index contributed by atoms with van der Waals surface area (Å²) in [5.41, 5.74) is 8.05. The lowest BCUT2D eigenvalue weighted by Gasteiger charge is -2.16. The molecular weight excluding hydrogens is 500 g/mol. The molecule has 3 aromatic rings. The quantitative estimate of drug-likeness (QED) is 0.162. The van der Waals surface area contributed by atoms with Crippen LogP contribution in [-0.4, -0.2) is 22.8 Å². The van der Waals surface area contributed by atoms with E-state index < -0.39 is 11.8 Å². The van der Waals surface area contributed by atoms with E-state index in [4.69, 9.17) is 15.9 Å². The van der Waals surface area contributed by atoms with Crippen LogP contribution in [-0.2, 0) is 16.2 Å². The molecule has 8 nitrogen and oxygen atoms in total. The minimum Gasteiger partial charge on any atom is -0.456 e. The molecule has 34 heavy (non-hydrogen) atoms. The number of amidine groups is 1. The second kappa shape index (κ2) is 11.4.